The number of aromatic nitrogens is 1. The number of anilines is 1. The van der Waals surface area contributed by atoms with Crippen molar-refractivity contribution in [3.63, 3.8) is 0 Å². The second-order valence-corrected chi connectivity index (χ2v) is 8.20. The number of rotatable bonds is 4. The number of nitrogens with one attached hydrogen (secondary N) is 2. The molecule has 0 aliphatic carbocycles. The molecular weight excluding hydrogens is 492 g/mol. The normalized spacial score (nSPS) is 17.1. The fourth-order valence-corrected chi connectivity index (χ4v) is 3.88. The van der Waals surface area contributed by atoms with E-state index in [1.165, 1.54) is 6.20 Å². The molecule has 2 aromatic rings. The van der Waals surface area contributed by atoms with Crippen molar-refractivity contribution < 1.29 is 19.1 Å². The molecule has 2 N–H and O–H groups in total. The van der Waals surface area contributed by atoms with Crippen LogP contribution >= 0.6 is 15.9 Å². The summed E-state index contributed by atoms with van der Waals surface area (Å²) in [7, 11) is 0. The lowest BCUT2D eigenvalue weighted by atomic mass is 10.1. The Bertz CT molecular complexity index is 1110. The zero-order valence-electron chi connectivity index (χ0n) is 17.7. The van der Waals surface area contributed by atoms with Crippen molar-refractivity contribution in [3.8, 4) is 0 Å². The van der Waals surface area contributed by atoms with Crippen molar-refractivity contribution in [2.75, 3.05) is 31.6 Å². The molecule has 33 heavy (non-hydrogen) atoms. The number of pyridine rings is 1. The molecule has 4 rings (SSSR count). The number of fused-ring (bicyclic) bond motifs is 1. The van der Waals surface area contributed by atoms with Gasteiger partial charge in [0.15, 0.2) is 4.74 Å². The number of hydrogen-bond donors (Lipinski definition) is 2. The van der Waals surface area contributed by atoms with Crippen molar-refractivity contribution in [1.29, 1.82) is 5.41 Å². The first kappa shape index (κ1) is 22.7. The molecule has 10 nitrogen and oxygen atoms in total. The van der Waals surface area contributed by atoms with Gasteiger partial charge in [0.2, 0.25) is 0 Å². The van der Waals surface area contributed by atoms with Gasteiger partial charge in [-0.1, -0.05) is 12.1 Å². The second-order valence-electron chi connectivity index (χ2n) is 7.45. The Morgan fingerprint density at radius 1 is 1.15 bits per heavy atom. The number of benzene rings is 1. The van der Waals surface area contributed by atoms with Crippen molar-refractivity contribution in [2.24, 2.45) is 4.99 Å². The van der Waals surface area contributed by atoms with E-state index >= 15 is 0 Å². The Morgan fingerprint density at radius 2 is 1.79 bits per heavy atom. The third kappa shape index (κ3) is 4.69. The minimum absolute atomic E-state index is 0.132. The van der Waals surface area contributed by atoms with Crippen molar-refractivity contribution in [2.45, 2.75) is 13.0 Å². The van der Waals surface area contributed by atoms with Gasteiger partial charge in [0.05, 0.1) is 35.9 Å². The summed E-state index contributed by atoms with van der Waals surface area (Å²) in [6.07, 6.45) is 1.45. The number of nitrogens with zero attached hydrogens (tertiary/aromatic N) is 4. The second kappa shape index (κ2) is 9.59. The molecule has 1 saturated heterocycles. The largest absolute Gasteiger partial charge is 0.378 e. The number of imide groups is 1. The molecule has 3 heterocycles. The topological polar surface area (TPSA) is 128 Å². The minimum Gasteiger partial charge on any atom is -0.378 e. The fourth-order valence-electron chi connectivity index (χ4n) is 3.69. The summed E-state index contributed by atoms with van der Waals surface area (Å²) in [4.78, 5) is 49.5. The van der Waals surface area contributed by atoms with Crippen molar-refractivity contribution in [1.82, 2.24) is 14.8 Å². The highest BCUT2D eigenvalue weighted by Gasteiger charge is 2.40. The van der Waals surface area contributed by atoms with E-state index in [9.17, 15) is 14.4 Å². The van der Waals surface area contributed by atoms with E-state index in [-0.39, 0.29) is 16.5 Å². The fraction of sp³-hybridized carbons (Fsp3) is 0.273. The molecule has 11 heteroatoms. The molecule has 3 amide bonds. The highest BCUT2D eigenvalue weighted by atomic mass is 79.9. The van der Waals surface area contributed by atoms with Crippen LogP contribution in [0.5, 0.6) is 0 Å². The zero-order chi connectivity index (χ0) is 23.5. The SMILES string of the molecule is CC(/C(=N/C(=N)Br)Nc1ccc(C(=O)N2CCOCC2)cn1)N1C(=O)c2ccccc2C1=O. The monoisotopic (exact) mass is 512 g/mol. The molecular formula is C22H21BrN6O4. The van der Waals surface area contributed by atoms with E-state index in [0.717, 1.165) is 4.90 Å². The van der Waals surface area contributed by atoms with Gasteiger partial charge < -0.3 is 15.0 Å². The molecule has 1 fully saturated rings. The van der Waals surface area contributed by atoms with Gasteiger partial charge in [0.25, 0.3) is 17.7 Å². The molecule has 1 unspecified atom stereocenters. The van der Waals surface area contributed by atoms with Crippen LogP contribution in [0.25, 0.3) is 0 Å². The lowest BCUT2D eigenvalue weighted by Crippen LogP contribution is -2.45. The van der Waals surface area contributed by atoms with E-state index in [4.69, 9.17) is 10.1 Å². The summed E-state index contributed by atoms with van der Waals surface area (Å²) in [5.74, 6) is -0.472. The van der Waals surface area contributed by atoms with Crippen LogP contribution in [0, 0.1) is 5.41 Å². The predicted molar refractivity (Wildman–Crippen MR) is 125 cm³/mol. The average molecular weight is 513 g/mol. The van der Waals surface area contributed by atoms with Crippen molar-refractivity contribution in [3.05, 3.63) is 59.3 Å². The van der Waals surface area contributed by atoms with Crippen LogP contribution in [0.3, 0.4) is 0 Å². The summed E-state index contributed by atoms with van der Waals surface area (Å²) in [5, 5.41) is 10.7. The van der Waals surface area contributed by atoms with Gasteiger partial charge in [-0.25, -0.2) is 9.98 Å². The van der Waals surface area contributed by atoms with Gasteiger partial charge in [-0.3, -0.25) is 24.7 Å². The highest BCUT2D eigenvalue weighted by Crippen LogP contribution is 2.25. The maximum atomic E-state index is 12.9. The summed E-state index contributed by atoms with van der Waals surface area (Å²) in [5.41, 5.74) is 1.08. The minimum atomic E-state index is -0.799. The third-order valence-corrected chi connectivity index (χ3v) is 5.57. The van der Waals surface area contributed by atoms with Gasteiger partial charge in [0.1, 0.15) is 11.7 Å². The lowest BCUT2D eigenvalue weighted by molar-refractivity contribution is 0.0302. The Kier molecular flexibility index (Phi) is 6.61. The van der Waals surface area contributed by atoms with Crippen molar-refractivity contribution >= 4 is 50.0 Å². The maximum Gasteiger partial charge on any atom is 0.262 e. The summed E-state index contributed by atoms with van der Waals surface area (Å²) in [6, 6.07) is 9.04. The van der Waals surface area contributed by atoms with E-state index in [2.05, 4.69) is 31.2 Å². The molecule has 0 saturated carbocycles. The molecule has 1 aromatic carbocycles. The number of carbonyl (C=O) groups is 3. The van der Waals surface area contributed by atoms with Crippen LogP contribution < -0.4 is 5.32 Å². The first-order chi connectivity index (χ1) is 15.9. The number of morpholine rings is 1. The van der Waals surface area contributed by atoms with Gasteiger partial charge >= 0.3 is 0 Å². The summed E-state index contributed by atoms with van der Waals surface area (Å²) < 4.78 is 5.09. The van der Waals surface area contributed by atoms with Crippen LogP contribution in [-0.2, 0) is 4.74 Å². The molecule has 2 aliphatic heterocycles. The van der Waals surface area contributed by atoms with Crippen LogP contribution in [-0.4, -0.2) is 75.4 Å². The lowest BCUT2D eigenvalue weighted by Gasteiger charge is -2.27. The van der Waals surface area contributed by atoms with E-state index in [0.29, 0.717) is 48.8 Å². The third-order valence-electron chi connectivity index (χ3n) is 5.39. The predicted octanol–water partition coefficient (Wildman–Crippen LogP) is 2.38. The molecule has 1 aromatic heterocycles. The summed E-state index contributed by atoms with van der Waals surface area (Å²) in [6.45, 7) is 3.71. The molecule has 0 spiro atoms. The van der Waals surface area contributed by atoms with E-state index in [1.54, 1.807) is 48.2 Å². The first-order valence-corrected chi connectivity index (χ1v) is 11.1. The Hall–Kier alpha value is -3.44. The van der Waals surface area contributed by atoms with Crippen LogP contribution in [0.4, 0.5) is 5.82 Å². The zero-order valence-corrected chi connectivity index (χ0v) is 19.3. The Morgan fingerprint density at radius 3 is 2.33 bits per heavy atom. The summed E-state index contributed by atoms with van der Waals surface area (Å²) >= 11 is 2.99. The number of amidine groups is 2. The smallest absolute Gasteiger partial charge is 0.262 e. The van der Waals surface area contributed by atoms with Gasteiger partial charge in [0, 0.05) is 19.3 Å². The Labute approximate surface area is 198 Å². The Balaban J connectivity index is 1.53. The maximum absolute atomic E-state index is 12.9. The van der Waals surface area contributed by atoms with Crippen LogP contribution in [0.1, 0.15) is 38.0 Å². The van der Waals surface area contributed by atoms with Gasteiger partial charge in [-0.15, -0.1) is 0 Å². The van der Waals surface area contributed by atoms with E-state index < -0.39 is 17.9 Å². The number of aliphatic imine (C=N–C) groups is 1. The average Bonchev–Trinajstić information content (AvgIpc) is 3.08. The molecule has 2 aliphatic rings. The standard InChI is InChI=1S/C22H21BrN6O4/c1-13(29-20(31)15-4-2-3-5-16(15)21(29)32)18(27-22(23)24)26-17-7-6-14(12-25-17)19(30)28-8-10-33-11-9-28/h2-7,12-13H,8-11H2,1H3,(H2,24,25,26,27). The van der Waals surface area contributed by atoms with Crippen LogP contribution in [0.2, 0.25) is 0 Å². The number of ether oxygens (including phenoxy) is 1. The van der Waals surface area contributed by atoms with Gasteiger partial charge in [-0.2, -0.15) is 0 Å². The molecule has 0 bridgehead atoms. The number of halogens is 1. The molecule has 0 radical (unpaired) electrons. The highest BCUT2D eigenvalue weighted by molar-refractivity contribution is 9.18. The number of amides is 3. The molecule has 1 atom stereocenters. The van der Waals surface area contributed by atoms with Crippen LogP contribution in [0.15, 0.2) is 47.6 Å². The first-order valence-electron chi connectivity index (χ1n) is 10.3. The molecule has 170 valence electrons. The van der Waals surface area contributed by atoms with Gasteiger partial charge in [-0.05, 0) is 47.1 Å². The number of hydrogen-bond acceptors (Lipinski definition) is 6. The van der Waals surface area contributed by atoms with E-state index in [1.807, 2.05) is 0 Å². The quantitative estimate of drug-likeness (QED) is 0.280. The number of carbonyl (C=O) groups excluding carboxylic acids is 3.